The van der Waals surface area contributed by atoms with Crippen LogP contribution in [0.5, 0.6) is 0 Å². The number of carbonyl (C=O) groups excluding carboxylic acids is 1. The van der Waals surface area contributed by atoms with Crippen molar-refractivity contribution < 1.29 is 4.79 Å². The first-order valence-corrected chi connectivity index (χ1v) is 6.60. The van der Waals surface area contributed by atoms with Gasteiger partial charge >= 0.3 is 0 Å². The number of aromatic amines is 1. The summed E-state index contributed by atoms with van der Waals surface area (Å²) in [5, 5.41) is 0. The van der Waals surface area contributed by atoms with E-state index in [-0.39, 0.29) is 16.8 Å². The molecule has 0 radical (unpaired) electrons. The molecule has 0 saturated heterocycles. The maximum absolute atomic E-state index is 11.9. The Hall–Kier alpha value is -2.56. The molecule has 0 unspecified atom stereocenters. The number of nitrogens with zero attached hydrogens (tertiary/aromatic N) is 2. The molecule has 0 aliphatic heterocycles. The molecular formula is C16H17N3O2. The van der Waals surface area contributed by atoms with Gasteiger partial charge in [0.25, 0.3) is 0 Å². The highest BCUT2D eigenvalue weighted by molar-refractivity contribution is 6.06. The van der Waals surface area contributed by atoms with Gasteiger partial charge in [-0.2, -0.15) is 0 Å². The Labute approximate surface area is 122 Å². The van der Waals surface area contributed by atoms with Crippen molar-refractivity contribution in [2.24, 2.45) is 0 Å². The summed E-state index contributed by atoms with van der Waals surface area (Å²) in [6.45, 7) is 6.11. The Bertz CT molecular complexity index is 722. The predicted octanol–water partition coefficient (Wildman–Crippen LogP) is 2.36. The standard InChI is InChI=1S/C16H17N3O2/c1-16(2,3)15-18-9-11(10-19-15)4-5-13(20)12-6-7-17-14(21)8-12/h4-10H,1-3H3,(H,17,21). The molecule has 0 bridgehead atoms. The summed E-state index contributed by atoms with van der Waals surface area (Å²) in [6, 6.07) is 2.83. The number of H-pyrrole nitrogens is 1. The average molecular weight is 283 g/mol. The first-order chi connectivity index (χ1) is 9.86. The molecule has 0 aliphatic carbocycles. The number of nitrogens with one attached hydrogen (secondary N) is 1. The summed E-state index contributed by atoms with van der Waals surface area (Å²) in [7, 11) is 0. The van der Waals surface area contributed by atoms with E-state index in [2.05, 4.69) is 15.0 Å². The number of ketones is 1. The molecular weight excluding hydrogens is 266 g/mol. The molecule has 0 aliphatic rings. The summed E-state index contributed by atoms with van der Waals surface area (Å²) in [5.74, 6) is 0.515. The molecule has 5 nitrogen and oxygen atoms in total. The van der Waals surface area contributed by atoms with Crippen LogP contribution in [0.3, 0.4) is 0 Å². The quantitative estimate of drug-likeness (QED) is 0.693. The van der Waals surface area contributed by atoms with Gasteiger partial charge in [-0.15, -0.1) is 0 Å². The molecule has 2 rings (SSSR count). The lowest BCUT2D eigenvalue weighted by Crippen LogP contribution is -2.15. The van der Waals surface area contributed by atoms with Crippen LogP contribution in [0.25, 0.3) is 6.08 Å². The Morgan fingerprint density at radius 3 is 2.48 bits per heavy atom. The average Bonchev–Trinajstić information content (AvgIpc) is 2.44. The molecule has 0 fully saturated rings. The Morgan fingerprint density at radius 2 is 1.90 bits per heavy atom. The fourth-order valence-electron chi connectivity index (χ4n) is 1.68. The van der Waals surface area contributed by atoms with Gasteiger partial charge in [-0.3, -0.25) is 9.59 Å². The number of carbonyl (C=O) groups is 1. The van der Waals surface area contributed by atoms with Crippen LogP contribution in [0.15, 0.2) is 41.6 Å². The molecule has 0 atom stereocenters. The third-order valence-corrected chi connectivity index (χ3v) is 2.83. The minimum atomic E-state index is -0.299. The van der Waals surface area contributed by atoms with E-state index in [1.165, 1.54) is 18.3 Å². The van der Waals surface area contributed by atoms with Crippen LogP contribution in [0.4, 0.5) is 0 Å². The van der Waals surface area contributed by atoms with Gasteiger partial charge in [-0.1, -0.05) is 20.8 Å². The molecule has 21 heavy (non-hydrogen) atoms. The second kappa shape index (κ2) is 5.83. The van der Waals surface area contributed by atoms with E-state index >= 15 is 0 Å². The van der Waals surface area contributed by atoms with Gasteiger partial charge in [-0.25, -0.2) is 9.97 Å². The van der Waals surface area contributed by atoms with Gasteiger partial charge in [-0.05, 0) is 18.2 Å². The lowest BCUT2D eigenvalue weighted by molar-refractivity contribution is 0.104. The second-order valence-electron chi connectivity index (χ2n) is 5.73. The molecule has 5 heteroatoms. The lowest BCUT2D eigenvalue weighted by atomic mass is 9.96. The van der Waals surface area contributed by atoms with Gasteiger partial charge < -0.3 is 4.98 Å². The monoisotopic (exact) mass is 283 g/mol. The van der Waals surface area contributed by atoms with E-state index in [9.17, 15) is 9.59 Å². The zero-order valence-electron chi connectivity index (χ0n) is 12.3. The molecule has 0 aromatic carbocycles. The molecule has 1 N–H and O–H groups in total. The summed E-state index contributed by atoms with van der Waals surface area (Å²) in [4.78, 5) is 34.1. The number of aromatic nitrogens is 3. The molecule has 2 heterocycles. The third-order valence-electron chi connectivity index (χ3n) is 2.83. The first kappa shape index (κ1) is 14.8. The molecule has 2 aromatic rings. The van der Waals surface area contributed by atoms with Crippen molar-refractivity contribution in [1.29, 1.82) is 0 Å². The molecule has 108 valence electrons. The fraction of sp³-hybridized carbons (Fsp3) is 0.250. The van der Waals surface area contributed by atoms with Crippen LogP contribution in [0.1, 0.15) is 42.5 Å². The smallest absolute Gasteiger partial charge is 0.248 e. The van der Waals surface area contributed by atoms with Crippen LogP contribution in [-0.2, 0) is 5.41 Å². The minimum Gasteiger partial charge on any atom is -0.329 e. The van der Waals surface area contributed by atoms with E-state index in [1.807, 2.05) is 20.8 Å². The zero-order chi connectivity index (χ0) is 15.5. The van der Waals surface area contributed by atoms with Crippen molar-refractivity contribution >= 4 is 11.9 Å². The maximum Gasteiger partial charge on any atom is 0.248 e. The number of allylic oxidation sites excluding steroid dienone is 1. The van der Waals surface area contributed by atoms with E-state index in [4.69, 9.17) is 0 Å². The van der Waals surface area contributed by atoms with Crippen molar-refractivity contribution in [3.05, 3.63) is 64.1 Å². The minimum absolute atomic E-state index is 0.108. The van der Waals surface area contributed by atoms with Crippen molar-refractivity contribution in [3.63, 3.8) is 0 Å². The Morgan fingerprint density at radius 1 is 1.24 bits per heavy atom. The van der Waals surface area contributed by atoms with Crippen molar-refractivity contribution in [2.45, 2.75) is 26.2 Å². The highest BCUT2D eigenvalue weighted by atomic mass is 16.1. The van der Waals surface area contributed by atoms with Crippen LogP contribution in [0.2, 0.25) is 0 Å². The summed E-state index contributed by atoms with van der Waals surface area (Å²) < 4.78 is 0. The van der Waals surface area contributed by atoms with Gasteiger partial charge in [0.15, 0.2) is 5.78 Å². The largest absolute Gasteiger partial charge is 0.329 e. The van der Waals surface area contributed by atoms with E-state index < -0.39 is 0 Å². The number of hydrogen-bond donors (Lipinski definition) is 1. The van der Waals surface area contributed by atoms with Gasteiger partial charge in [0.1, 0.15) is 5.82 Å². The van der Waals surface area contributed by atoms with Crippen molar-refractivity contribution in [2.75, 3.05) is 0 Å². The Kier molecular flexibility index (Phi) is 4.12. The lowest BCUT2D eigenvalue weighted by Gasteiger charge is -2.15. The number of hydrogen-bond acceptors (Lipinski definition) is 4. The maximum atomic E-state index is 11.9. The van der Waals surface area contributed by atoms with E-state index in [1.54, 1.807) is 24.5 Å². The highest BCUT2D eigenvalue weighted by Gasteiger charge is 2.16. The predicted molar refractivity (Wildman–Crippen MR) is 81.2 cm³/mol. The molecule has 0 amide bonds. The van der Waals surface area contributed by atoms with Crippen LogP contribution < -0.4 is 5.56 Å². The second-order valence-corrected chi connectivity index (χ2v) is 5.73. The van der Waals surface area contributed by atoms with E-state index in [0.29, 0.717) is 5.56 Å². The van der Waals surface area contributed by atoms with Gasteiger partial charge in [0, 0.05) is 41.2 Å². The first-order valence-electron chi connectivity index (χ1n) is 6.60. The third kappa shape index (κ3) is 3.95. The van der Waals surface area contributed by atoms with Gasteiger partial charge in [0.2, 0.25) is 5.56 Å². The Balaban J connectivity index is 2.14. The number of rotatable bonds is 3. The van der Waals surface area contributed by atoms with Crippen LogP contribution in [-0.4, -0.2) is 20.7 Å². The highest BCUT2D eigenvalue weighted by Crippen LogP contribution is 2.17. The van der Waals surface area contributed by atoms with E-state index in [0.717, 1.165) is 11.4 Å². The summed E-state index contributed by atoms with van der Waals surface area (Å²) in [6.07, 6.45) is 7.84. The fourth-order valence-corrected chi connectivity index (χ4v) is 1.68. The normalized spacial score (nSPS) is 11.8. The van der Waals surface area contributed by atoms with Crippen LogP contribution >= 0.6 is 0 Å². The van der Waals surface area contributed by atoms with Crippen molar-refractivity contribution in [1.82, 2.24) is 15.0 Å². The summed E-state index contributed by atoms with van der Waals surface area (Å²) >= 11 is 0. The molecule has 2 aromatic heterocycles. The van der Waals surface area contributed by atoms with Gasteiger partial charge in [0.05, 0.1) is 0 Å². The zero-order valence-corrected chi connectivity index (χ0v) is 12.3. The topological polar surface area (TPSA) is 75.7 Å². The molecule has 0 spiro atoms. The SMILES string of the molecule is CC(C)(C)c1ncc(C=CC(=O)c2cc[nH]c(=O)c2)cn1. The summed E-state index contributed by atoms with van der Waals surface area (Å²) in [5.41, 5.74) is 0.680. The number of pyridine rings is 1. The molecule has 0 saturated carbocycles. The van der Waals surface area contributed by atoms with Crippen LogP contribution in [0, 0.1) is 0 Å². The van der Waals surface area contributed by atoms with Crippen molar-refractivity contribution in [3.8, 4) is 0 Å².